The molecule has 0 atom stereocenters. The number of hydrogen-bond acceptors (Lipinski definition) is 5. The normalized spacial score (nSPS) is 16.6. The van der Waals surface area contributed by atoms with Crippen LogP contribution in [0.5, 0.6) is 0 Å². The highest BCUT2D eigenvalue weighted by Crippen LogP contribution is 2.19. The molecule has 0 bridgehead atoms. The molecule has 9 heteroatoms. The molecule has 2 rings (SSSR count). The average molecular weight is 373 g/mol. The minimum atomic E-state index is -3.47. The third-order valence-electron chi connectivity index (χ3n) is 3.27. The number of hydrazine groups is 1. The maximum absolute atomic E-state index is 12.5. The predicted octanol–water partition coefficient (Wildman–Crippen LogP) is 1.30. The van der Waals surface area contributed by atoms with Crippen molar-refractivity contribution in [2.75, 3.05) is 31.6 Å². The lowest BCUT2D eigenvalue weighted by Crippen LogP contribution is -2.50. The van der Waals surface area contributed by atoms with Crippen LogP contribution in [0.4, 0.5) is 5.69 Å². The van der Waals surface area contributed by atoms with Crippen molar-refractivity contribution in [2.24, 2.45) is 0 Å². The summed E-state index contributed by atoms with van der Waals surface area (Å²) in [5.74, 6) is 0. The summed E-state index contributed by atoms with van der Waals surface area (Å²) in [5.41, 5.74) is 6.54. The van der Waals surface area contributed by atoms with E-state index in [1.165, 1.54) is 4.31 Å². The van der Waals surface area contributed by atoms with Crippen molar-refractivity contribution in [2.45, 2.75) is 31.2 Å². The summed E-state index contributed by atoms with van der Waals surface area (Å²) in [4.78, 5) is 0.265. The largest absolute Gasteiger partial charge is 0.379 e. The van der Waals surface area contributed by atoms with Gasteiger partial charge < -0.3 is 10.1 Å². The first-order valence-corrected chi connectivity index (χ1v) is 9.55. The van der Waals surface area contributed by atoms with Gasteiger partial charge in [-0.05, 0) is 57.3 Å². The van der Waals surface area contributed by atoms with E-state index < -0.39 is 10.0 Å². The smallest absolute Gasteiger partial charge is 0.243 e. The molecule has 1 heterocycles. The predicted molar refractivity (Wildman–Crippen MR) is 98.3 cm³/mol. The molecule has 1 aliphatic heterocycles. The van der Waals surface area contributed by atoms with Crippen LogP contribution in [-0.2, 0) is 14.8 Å². The van der Waals surface area contributed by atoms with Gasteiger partial charge in [0.05, 0.1) is 18.1 Å². The quantitative estimate of drug-likeness (QED) is 0.543. The number of nitrogens with one attached hydrogen (secondary N) is 3. The Morgan fingerprint density at radius 3 is 2.29 bits per heavy atom. The zero-order valence-electron chi connectivity index (χ0n) is 14.1. The highest BCUT2D eigenvalue weighted by atomic mass is 32.2. The van der Waals surface area contributed by atoms with Crippen molar-refractivity contribution >= 4 is 33.0 Å². The number of thiocarbonyl (C=S) groups is 1. The van der Waals surface area contributed by atoms with E-state index in [9.17, 15) is 8.42 Å². The Morgan fingerprint density at radius 2 is 1.75 bits per heavy atom. The minimum absolute atomic E-state index is 0.123. The Kier molecular flexibility index (Phi) is 6.16. The number of morpholine rings is 1. The van der Waals surface area contributed by atoms with Gasteiger partial charge >= 0.3 is 0 Å². The molecule has 1 aromatic carbocycles. The fraction of sp³-hybridized carbons (Fsp3) is 0.533. The van der Waals surface area contributed by atoms with Gasteiger partial charge in [0, 0.05) is 24.3 Å². The molecule has 1 aliphatic rings. The average Bonchev–Trinajstić information content (AvgIpc) is 2.54. The second-order valence-electron chi connectivity index (χ2n) is 6.49. The summed E-state index contributed by atoms with van der Waals surface area (Å²) in [5, 5.41) is 3.41. The first-order valence-electron chi connectivity index (χ1n) is 7.71. The molecule has 0 spiro atoms. The summed E-state index contributed by atoms with van der Waals surface area (Å²) in [7, 11) is -3.47. The molecule has 0 saturated carbocycles. The van der Waals surface area contributed by atoms with Gasteiger partial charge in [-0.3, -0.25) is 5.43 Å². The van der Waals surface area contributed by atoms with Gasteiger partial charge in [0.15, 0.2) is 5.11 Å². The summed E-state index contributed by atoms with van der Waals surface area (Å²) in [6, 6.07) is 6.54. The van der Waals surface area contributed by atoms with Crippen LogP contribution < -0.4 is 16.2 Å². The second kappa shape index (κ2) is 7.75. The van der Waals surface area contributed by atoms with Crippen LogP contribution in [0.1, 0.15) is 20.8 Å². The third-order valence-corrected chi connectivity index (χ3v) is 5.39. The van der Waals surface area contributed by atoms with Gasteiger partial charge in [-0.2, -0.15) is 4.31 Å². The van der Waals surface area contributed by atoms with Gasteiger partial charge in [-0.15, -0.1) is 0 Å². The number of anilines is 1. The minimum Gasteiger partial charge on any atom is -0.379 e. The van der Waals surface area contributed by atoms with Crippen LogP contribution in [0, 0.1) is 0 Å². The molecular formula is C15H24N4O3S2. The van der Waals surface area contributed by atoms with Gasteiger partial charge in [0.2, 0.25) is 10.0 Å². The van der Waals surface area contributed by atoms with E-state index in [1.54, 1.807) is 24.3 Å². The fourth-order valence-corrected chi connectivity index (χ4v) is 3.63. The first kappa shape index (κ1) is 19.1. The van der Waals surface area contributed by atoms with Gasteiger partial charge in [-0.1, -0.05) is 0 Å². The third kappa shape index (κ3) is 5.38. The SMILES string of the molecule is CC(C)(C)NNC(=S)Nc1ccc(S(=O)(=O)N2CCOCC2)cc1. The van der Waals surface area contributed by atoms with E-state index in [2.05, 4.69) is 16.2 Å². The van der Waals surface area contributed by atoms with Crippen molar-refractivity contribution in [1.82, 2.24) is 15.2 Å². The molecule has 0 radical (unpaired) electrons. The van der Waals surface area contributed by atoms with E-state index in [0.29, 0.717) is 37.1 Å². The molecule has 1 aromatic rings. The van der Waals surface area contributed by atoms with E-state index in [4.69, 9.17) is 17.0 Å². The van der Waals surface area contributed by atoms with Crippen molar-refractivity contribution in [3.8, 4) is 0 Å². The number of benzene rings is 1. The van der Waals surface area contributed by atoms with Gasteiger partial charge in [0.25, 0.3) is 0 Å². The Hall–Kier alpha value is -1.26. The molecule has 1 saturated heterocycles. The lowest BCUT2D eigenvalue weighted by molar-refractivity contribution is 0.0730. The summed E-state index contributed by atoms with van der Waals surface area (Å²) >= 11 is 5.19. The Labute approximate surface area is 148 Å². The molecule has 1 fully saturated rings. The molecule has 7 nitrogen and oxygen atoms in total. The highest BCUT2D eigenvalue weighted by Gasteiger charge is 2.26. The standard InChI is InChI=1S/C15H24N4O3S2/c1-15(2,3)18-17-14(23)16-12-4-6-13(7-5-12)24(20,21)19-8-10-22-11-9-19/h4-7,18H,8-11H2,1-3H3,(H2,16,17,23). The second-order valence-corrected chi connectivity index (χ2v) is 8.84. The number of ether oxygens (including phenoxy) is 1. The summed E-state index contributed by atoms with van der Waals surface area (Å²) < 4.78 is 31.7. The van der Waals surface area contributed by atoms with E-state index in [0.717, 1.165) is 0 Å². The zero-order valence-corrected chi connectivity index (χ0v) is 15.8. The molecular weight excluding hydrogens is 348 g/mol. The summed E-state index contributed by atoms with van der Waals surface area (Å²) in [6.07, 6.45) is 0. The Bertz CT molecular complexity index is 663. The number of hydrogen-bond donors (Lipinski definition) is 3. The zero-order chi connectivity index (χ0) is 17.8. The lowest BCUT2D eigenvalue weighted by Gasteiger charge is -2.26. The molecule has 0 aliphatic carbocycles. The molecule has 0 aromatic heterocycles. The maximum Gasteiger partial charge on any atom is 0.243 e. The van der Waals surface area contributed by atoms with Crippen LogP contribution in [0.25, 0.3) is 0 Å². The van der Waals surface area contributed by atoms with Crippen molar-refractivity contribution in [3.63, 3.8) is 0 Å². The van der Waals surface area contributed by atoms with Crippen LogP contribution in [0.15, 0.2) is 29.2 Å². The molecule has 0 amide bonds. The molecule has 0 unspecified atom stereocenters. The molecule has 134 valence electrons. The monoisotopic (exact) mass is 372 g/mol. The fourth-order valence-electron chi connectivity index (χ4n) is 2.05. The van der Waals surface area contributed by atoms with E-state index >= 15 is 0 Å². The Morgan fingerprint density at radius 1 is 1.17 bits per heavy atom. The van der Waals surface area contributed by atoms with E-state index in [1.807, 2.05) is 20.8 Å². The lowest BCUT2D eigenvalue weighted by atomic mass is 10.1. The van der Waals surface area contributed by atoms with Crippen LogP contribution in [0.2, 0.25) is 0 Å². The first-order chi connectivity index (χ1) is 11.2. The summed E-state index contributed by atoms with van der Waals surface area (Å²) in [6.45, 7) is 7.65. The Balaban J connectivity index is 1.98. The number of nitrogens with zero attached hydrogens (tertiary/aromatic N) is 1. The van der Waals surface area contributed by atoms with Crippen LogP contribution >= 0.6 is 12.2 Å². The number of sulfonamides is 1. The molecule has 24 heavy (non-hydrogen) atoms. The van der Waals surface area contributed by atoms with Gasteiger partial charge in [0.1, 0.15) is 0 Å². The topological polar surface area (TPSA) is 82.7 Å². The molecule has 3 N–H and O–H groups in total. The van der Waals surface area contributed by atoms with Crippen LogP contribution in [0.3, 0.4) is 0 Å². The van der Waals surface area contributed by atoms with Crippen molar-refractivity contribution in [1.29, 1.82) is 0 Å². The van der Waals surface area contributed by atoms with Crippen molar-refractivity contribution in [3.05, 3.63) is 24.3 Å². The van der Waals surface area contributed by atoms with E-state index in [-0.39, 0.29) is 10.4 Å². The maximum atomic E-state index is 12.5. The van der Waals surface area contributed by atoms with Crippen LogP contribution in [-0.4, -0.2) is 49.7 Å². The van der Waals surface area contributed by atoms with Gasteiger partial charge in [-0.25, -0.2) is 13.8 Å². The van der Waals surface area contributed by atoms with Crippen molar-refractivity contribution < 1.29 is 13.2 Å². The number of rotatable bonds is 4. The highest BCUT2D eigenvalue weighted by molar-refractivity contribution is 7.89.